The summed E-state index contributed by atoms with van der Waals surface area (Å²) in [5, 5.41) is 9.58. The SMILES string of the molecule is CCCCc1ccc(C2(C(=O)N(CC)CC)CC2CO)cc1. The number of benzene rings is 1. The Kier molecular flexibility index (Phi) is 5.63. The van der Waals surface area contributed by atoms with Gasteiger partial charge in [-0.25, -0.2) is 0 Å². The monoisotopic (exact) mass is 303 g/mol. The molecule has 0 saturated heterocycles. The minimum atomic E-state index is -0.482. The van der Waals surface area contributed by atoms with Gasteiger partial charge in [0.05, 0.1) is 5.41 Å². The van der Waals surface area contributed by atoms with E-state index in [1.54, 1.807) is 0 Å². The first-order chi connectivity index (χ1) is 10.6. The smallest absolute Gasteiger partial charge is 0.233 e. The van der Waals surface area contributed by atoms with Crippen LogP contribution in [-0.2, 0) is 16.6 Å². The first kappa shape index (κ1) is 17.0. The number of aliphatic hydroxyl groups is 1. The van der Waals surface area contributed by atoms with Gasteiger partial charge in [-0.15, -0.1) is 0 Å². The number of likely N-dealkylation sites (N-methyl/N-ethyl adjacent to an activating group) is 1. The number of carbonyl (C=O) groups excluding carboxylic acids is 1. The number of nitrogens with zero attached hydrogens (tertiary/aromatic N) is 1. The van der Waals surface area contributed by atoms with E-state index in [9.17, 15) is 9.90 Å². The summed E-state index contributed by atoms with van der Waals surface area (Å²) in [6.45, 7) is 7.76. The number of rotatable bonds is 8. The van der Waals surface area contributed by atoms with Crippen molar-refractivity contribution in [2.24, 2.45) is 5.92 Å². The average molecular weight is 303 g/mol. The molecule has 0 spiro atoms. The first-order valence-corrected chi connectivity index (χ1v) is 8.63. The standard InChI is InChI=1S/C19H29NO2/c1-4-7-8-15-9-11-16(12-10-15)19(13-17(19)14-21)18(22)20(5-2)6-3/h9-12,17,21H,4-8,13-14H2,1-3H3. The second-order valence-corrected chi connectivity index (χ2v) is 6.33. The van der Waals surface area contributed by atoms with Gasteiger partial charge in [-0.05, 0) is 44.2 Å². The van der Waals surface area contributed by atoms with Crippen LogP contribution in [0, 0.1) is 5.92 Å². The van der Waals surface area contributed by atoms with E-state index in [2.05, 4.69) is 31.2 Å². The third-order valence-electron chi connectivity index (χ3n) is 5.05. The number of amides is 1. The van der Waals surface area contributed by atoms with Gasteiger partial charge in [-0.3, -0.25) is 4.79 Å². The molecule has 3 nitrogen and oxygen atoms in total. The molecule has 1 fully saturated rings. The maximum atomic E-state index is 12.9. The molecule has 0 radical (unpaired) electrons. The molecule has 1 aliphatic carbocycles. The lowest BCUT2D eigenvalue weighted by Gasteiger charge is -2.26. The molecule has 2 unspecified atom stereocenters. The van der Waals surface area contributed by atoms with Gasteiger partial charge in [-0.1, -0.05) is 37.6 Å². The van der Waals surface area contributed by atoms with Gasteiger partial charge in [0.15, 0.2) is 0 Å². The Balaban J connectivity index is 2.23. The fourth-order valence-electron chi connectivity index (χ4n) is 3.43. The Morgan fingerprint density at radius 2 is 1.86 bits per heavy atom. The summed E-state index contributed by atoms with van der Waals surface area (Å²) in [7, 11) is 0. The fourth-order valence-corrected chi connectivity index (χ4v) is 3.43. The molecule has 1 aliphatic rings. The van der Waals surface area contributed by atoms with Crippen molar-refractivity contribution in [1.29, 1.82) is 0 Å². The molecule has 1 aromatic rings. The Morgan fingerprint density at radius 3 is 2.32 bits per heavy atom. The summed E-state index contributed by atoms with van der Waals surface area (Å²) in [6, 6.07) is 8.49. The lowest BCUT2D eigenvalue weighted by molar-refractivity contribution is -0.134. The zero-order valence-corrected chi connectivity index (χ0v) is 14.1. The predicted octanol–water partition coefficient (Wildman–Crippen LogP) is 3.15. The number of carbonyl (C=O) groups is 1. The first-order valence-electron chi connectivity index (χ1n) is 8.63. The van der Waals surface area contributed by atoms with E-state index in [-0.39, 0.29) is 18.4 Å². The van der Waals surface area contributed by atoms with Crippen molar-refractivity contribution in [2.45, 2.75) is 51.9 Å². The van der Waals surface area contributed by atoms with Crippen LogP contribution in [0.25, 0.3) is 0 Å². The van der Waals surface area contributed by atoms with Gasteiger partial charge in [0.2, 0.25) is 5.91 Å². The normalized spacial score (nSPS) is 23.4. The molecule has 3 heteroatoms. The van der Waals surface area contributed by atoms with Crippen LogP contribution in [0.15, 0.2) is 24.3 Å². The van der Waals surface area contributed by atoms with Crippen molar-refractivity contribution in [1.82, 2.24) is 4.90 Å². The van der Waals surface area contributed by atoms with Crippen molar-refractivity contribution >= 4 is 5.91 Å². The molecule has 0 bridgehead atoms. The van der Waals surface area contributed by atoms with E-state index in [1.165, 1.54) is 18.4 Å². The van der Waals surface area contributed by atoms with Gasteiger partial charge < -0.3 is 10.0 Å². The molecule has 1 aromatic carbocycles. The molecule has 122 valence electrons. The highest BCUT2D eigenvalue weighted by Gasteiger charge is 2.61. The number of hydrogen-bond acceptors (Lipinski definition) is 2. The second-order valence-electron chi connectivity index (χ2n) is 6.33. The van der Waals surface area contributed by atoms with Gasteiger partial charge in [-0.2, -0.15) is 0 Å². The largest absolute Gasteiger partial charge is 0.396 e. The zero-order chi connectivity index (χ0) is 16.2. The van der Waals surface area contributed by atoms with Crippen LogP contribution < -0.4 is 0 Å². The second kappa shape index (κ2) is 7.28. The summed E-state index contributed by atoms with van der Waals surface area (Å²) < 4.78 is 0. The minimum Gasteiger partial charge on any atom is -0.396 e. The molecule has 2 rings (SSSR count). The van der Waals surface area contributed by atoms with Gasteiger partial charge in [0, 0.05) is 25.6 Å². The van der Waals surface area contributed by atoms with Crippen LogP contribution in [0.4, 0.5) is 0 Å². The molecule has 2 atom stereocenters. The molecule has 0 aliphatic heterocycles. The van der Waals surface area contributed by atoms with Gasteiger partial charge in [0.1, 0.15) is 0 Å². The van der Waals surface area contributed by atoms with Crippen LogP contribution in [0.5, 0.6) is 0 Å². The summed E-state index contributed by atoms with van der Waals surface area (Å²) in [5.41, 5.74) is 1.92. The highest BCUT2D eigenvalue weighted by molar-refractivity contribution is 5.92. The van der Waals surface area contributed by atoms with Crippen LogP contribution in [-0.4, -0.2) is 35.6 Å². The molecule has 0 aromatic heterocycles. The van der Waals surface area contributed by atoms with Crippen LogP contribution in [0.2, 0.25) is 0 Å². The molecule has 0 heterocycles. The van der Waals surface area contributed by atoms with Crippen LogP contribution >= 0.6 is 0 Å². The van der Waals surface area contributed by atoms with Crippen LogP contribution in [0.3, 0.4) is 0 Å². The van der Waals surface area contributed by atoms with Crippen LogP contribution in [0.1, 0.15) is 51.2 Å². The maximum Gasteiger partial charge on any atom is 0.233 e. The Morgan fingerprint density at radius 1 is 1.23 bits per heavy atom. The number of unbranched alkanes of at least 4 members (excludes halogenated alkanes) is 1. The molecule has 1 saturated carbocycles. The van der Waals surface area contributed by atoms with E-state index in [4.69, 9.17) is 0 Å². The highest BCUT2D eigenvalue weighted by atomic mass is 16.3. The average Bonchev–Trinajstić information content (AvgIpc) is 3.30. The van der Waals surface area contributed by atoms with Gasteiger partial charge >= 0.3 is 0 Å². The molecular weight excluding hydrogens is 274 g/mol. The molecule has 1 N–H and O–H groups in total. The third-order valence-corrected chi connectivity index (χ3v) is 5.05. The zero-order valence-electron chi connectivity index (χ0n) is 14.1. The fraction of sp³-hybridized carbons (Fsp3) is 0.632. The predicted molar refractivity (Wildman–Crippen MR) is 89.9 cm³/mol. The summed E-state index contributed by atoms with van der Waals surface area (Å²) >= 11 is 0. The minimum absolute atomic E-state index is 0.0714. The summed E-state index contributed by atoms with van der Waals surface area (Å²) in [6.07, 6.45) is 4.26. The van der Waals surface area contributed by atoms with Gasteiger partial charge in [0.25, 0.3) is 0 Å². The number of hydrogen-bond donors (Lipinski definition) is 1. The van der Waals surface area contributed by atoms with E-state index in [1.807, 2.05) is 18.7 Å². The summed E-state index contributed by atoms with van der Waals surface area (Å²) in [5.74, 6) is 0.250. The van der Waals surface area contributed by atoms with E-state index < -0.39 is 5.41 Å². The van der Waals surface area contributed by atoms with Crippen molar-refractivity contribution in [3.63, 3.8) is 0 Å². The third kappa shape index (κ3) is 3.05. The Hall–Kier alpha value is -1.35. The topological polar surface area (TPSA) is 40.5 Å². The number of aliphatic hydroxyl groups excluding tert-OH is 1. The van der Waals surface area contributed by atoms with Crippen molar-refractivity contribution < 1.29 is 9.90 Å². The maximum absolute atomic E-state index is 12.9. The van der Waals surface area contributed by atoms with E-state index in [0.29, 0.717) is 0 Å². The van der Waals surface area contributed by atoms with E-state index in [0.717, 1.165) is 31.5 Å². The van der Waals surface area contributed by atoms with Crippen molar-refractivity contribution in [3.05, 3.63) is 35.4 Å². The molecule has 22 heavy (non-hydrogen) atoms. The lowest BCUT2D eigenvalue weighted by atomic mass is 9.90. The van der Waals surface area contributed by atoms with Crippen molar-refractivity contribution in [3.8, 4) is 0 Å². The Labute approximate surface area is 134 Å². The Bertz CT molecular complexity index is 493. The molecular formula is C19H29NO2. The number of aryl methyl sites for hydroxylation is 1. The van der Waals surface area contributed by atoms with Crippen molar-refractivity contribution in [2.75, 3.05) is 19.7 Å². The summed E-state index contributed by atoms with van der Waals surface area (Å²) in [4.78, 5) is 14.8. The lowest BCUT2D eigenvalue weighted by Crippen LogP contribution is -2.40. The highest BCUT2D eigenvalue weighted by Crippen LogP contribution is 2.55. The van der Waals surface area contributed by atoms with E-state index >= 15 is 0 Å². The molecule has 1 amide bonds. The quantitative estimate of drug-likeness (QED) is 0.801.